The van der Waals surface area contributed by atoms with Gasteiger partial charge in [-0.1, -0.05) is 48.5 Å². The molecule has 1 aliphatic heterocycles. The van der Waals surface area contributed by atoms with Gasteiger partial charge in [0.25, 0.3) is 0 Å². The molecule has 1 amide bonds. The first-order chi connectivity index (χ1) is 15.5. The smallest absolute Gasteiger partial charge is 0.313 e. The highest BCUT2D eigenvalue weighted by atomic mass is 16.5. The normalized spacial score (nSPS) is 19.2. The van der Waals surface area contributed by atoms with E-state index in [4.69, 9.17) is 10.5 Å². The number of piperidine rings is 1. The molecule has 0 spiro atoms. The number of primary amides is 1. The standard InChI is InChI=1S/C26H31N3O3/c1-2-32-25(31)26(15-20-9-4-3-5-10-20)13-8-14-28(19-26)16-21-17-29(18-24(27)30)23-12-7-6-11-22(21)23/h3-7,9-12,17H,2,8,13-16,18-19H2,1H3,(H2,27,30)/t26-/m1/s1. The summed E-state index contributed by atoms with van der Waals surface area (Å²) >= 11 is 0. The lowest BCUT2D eigenvalue weighted by Gasteiger charge is -2.41. The molecular weight excluding hydrogens is 402 g/mol. The Morgan fingerprint density at radius 1 is 1.09 bits per heavy atom. The molecule has 0 radical (unpaired) electrons. The van der Waals surface area contributed by atoms with E-state index in [-0.39, 0.29) is 18.4 Å². The number of likely N-dealkylation sites (tertiary alicyclic amines) is 1. The minimum Gasteiger partial charge on any atom is -0.466 e. The number of amides is 1. The predicted molar refractivity (Wildman–Crippen MR) is 125 cm³/mol. The molecule has 0 saturated carbocycles. The topological polar surface area (TPSA) is 77.6 Å². The van der Waals surface area contributed by atoms with Crippen LogP contribution in [0.1, 0.15) is 30.9 Å². The van der Waals surface area contributed by atoms with E-state index in [1.54, 1.807) is 0 Å². The Morgan fingerprint density at radius 3 is 2.59 bits per heavy atom. The van der Waals surface area contributed by atoms with Crippen LogP contribution in [0.15, 0.2) is 60.8 Å². The molecule has 168 valence electrons. The van der Waals surface area contributed by atoms with Gasteiger partial charge >= 0.3 is 5.97 Å². The molecular formula is C26H31N3O3. The Balaban J connectivity index is 1.61. The van der Waals surface area contributed by atoms with Gasteiger partial charge in [-0.2, -0.15) is 0 Å². The Labute approximate surface area is 188 Å². The van der Waals surface area contributed by atoms with E-state index in [0.717, 1.165) is 41.4 Å². The van der Waals surface area contributed by atoms with Crippen LogP contribution in [-0.4, -0.2) is 41.0 Å². The van der Waals surface area contributed by atoms with E-state index in [0.29, 0.717) is 26.1 Å². The zero-order chi connectivity index (χ0) is 22.6. The number of carbonyl (C=O) groups excluding carboxylic acids is 2. The molecule has 0 unspecified atom stereocenters. The van der Waals surface area contributed by atoms with Crippen molar-refractivity contribution in [3.05, 3.63) is 71.9 Å². The summed E-state index contributed by atoms with van der Waals surface area (Å²) in [5.74, 6) is -0.468. The van der Waals surface area contributed by atoms with E-state index in [9.17, 15) is 9.59 Å². The van der Waals surface area contributed by atoms with Crippen LogP contribution in [0, 0.1) is 5.41 Å². The highest BCUT2D eigenvalue weighted by Crippen LogP contribution is 2.36. The fraction of sp³-hybridized carbons (Fsp3) is 0.385. The van der Waals surface area contributed by atoms with Crippen molar-refractivity contribution in [1.82, 2.24) is 9.47 Å². The first-order valence-electron chi connectivity index (χ1n) is 11.3. The molecule has 0 aliphatic carbocycles. The van der Waals surface area contributed by atoms with Crippen LogP contribution < -0.4 is 5.73 Å². The van der Waals surface area contributed by atoms with Crippen molar-refractivity contribution in [1.29, 1.82) is 0 Å². The van der Waals surface area contributed by atoms with Gasteiger partial charge in [-0.25, -0.2) is 0 Å². The second kappa shape index (κ2) is 9.57. The van der Waals surface area contributed by atoms with Crippen molar-refractivity contribution in [2.75, 3.05) is 19.7 Å². The summed E-state index contributed by atoms with van der Waals surface area (Å²) < 4.78 is 7.47. The molecule has 1 atom stereocenters. The second-order valence-corrected chi connectivity index (χ2v) is 8.74. The van der Waals surface area contributed by atoms with Crippen molar-refractivity contribution in [3.63, 3.8) is 0 Å². The highest BCUT2D eigenvalue weighted by molar-refractivity contribution is 5.86. The van der Waals surface area contributed by atoms with Crippen molar-refractivity contribution in [2.45, 2.75) is 39.3 Å². The maximum atomic E-state index is 13.2. The van der Waals surface area contributed by atoms with Gasteiger partial charge in [0.2, 0.25) is 5.91 Å². The molecule has 4 rings (SSSR count). The third kappa shape index (κ3) is 4.70. The molecule has 1 aliphatic rings. The number of nitrogens with two attached hydrogens (primary N) is 1. The van der Waals surface area contributed by atoms with Gasteiger partial charge in [-0.3, -0.25) is 14.5 Å². The summed E-state index contributed by atoms with van der Waals surface area (Å²) in [5.41, 5.74) is 8.20. The Hall–Kier alpha value is -3.12. The second-order valence-electron chi connectivity index (χ2n) is 8.74. The van der Waals surface area contributed by atoms with Crippen molar-refractivity contribution in [3.8, 4) is 0 Å². The number of nitrogens with zero attached hydrogens (tertiary/aromatic N) is 2. The number of para-hydroxylation sites is 1. The zero-order valence-electron chi connectivity index (χ0n) is 18.6. The quantitative estimate of drug-likeness (QED) is 0.552. The van der Waals surface area contributed by atoms with E-state index < -0.39 is 5.41 Å². The molecule has 1 saturated heterocycles. The van der Waals surface area contributed by atoms with Gasteiger partial charge in [-0.05, 0) is 49.9 Å². The number of hydrogen-bond acceptors (Lipinski definition) is 4. The number of rotatable bonds is 8. The lowest BCUT2D eigenvalue weighted by molar-refractivity contribution is -0.159. The average Bonchev–Trinajstić information content (AvgIpc) is 3.11. The number of fused-ring (bicyclic) bond motifs is 1. The van der Waals surface area contributed by atoms with Crippen LogP contribution in [-0.2, 0) is 33.8 Å². The molecule has 32 heavy (non-hydrogen) atoms. The lowest BCUT2D eigenvalue weighted by atomic mass is 9.75. The maximum absolute atomic E-state index is 13.2. The van der Waals surface area contributed by atoms with Gasteiger partial charge in [0.15, 0.2) is 0 Å². The van der Waals surface area contributed by atoms with Gasteiger partial charge in [-0.15, -0.1) is 0 Å². The highest BCUT2D eigenvalue weighted by Gasteiger charge is 2.43. The number of ether oxygens (including phenoxy) is 1. The fourth-order valence-electron chi connectivity index (χ4n) is 5.00. The molecule has 3 aromatic rings. The molecule has 2 heterocycles. The Bertz CT molecular complexity index is 1090. The van der Waals surface area contributed by atoms with Crippen LogP contribution in [0.4, 0.5) is 0 Å². The summed E-state index contributed by atoms with van der Waals surface area (Å²) in [5, 5.41) is 1.11. The lowest BCUT2D eigenvalue weighted by Crippen LogP contribution is -2.49. The summed E-state index contributed by atoms with van der Waals surface area (Å²) in [6.07, 6.45) is 4.45. The SMILES string of the molecule is CCOC(=O)[C@@]1(Cc2ccccc2)CCCN(Cc2cn(CC(N)=O)c3ccccc23)C1. The zero-order valence-corrected chi connectivity index (χ0v) is 18.6. The van der Waals surface area contributed by atoms with E-state index in [1.165, 1.54) is 0 Å². The minimum atomic E-state index is -0.554. The number of hydrogen-bond donors (Lipinski definition) is 1. The van der Waals surface area contributed by atoms with Crippen molar-refractivity contribution in [2.24, 2.45) is 11.1 Å². The molecule has 1 aromatic heterocycles. The number of aromatic nitrogens is 1. The van der Waals surface area contributed by atoms with Crippen LogP contribution >= 0.6 is 0 Å². The summed E-state index contributed by atoms with van der Waals surface area (Å²) in [6, 6.07) is 18.3. The van der Waals surface area contributed by atoms with Crippen molar-refractivity contribution < 1.29 is 14.3 Å². The van der Waals surface area contributed by atoms with E-state index in [2.05, 4.69) is 23.1 Å². The fourth-order valence-corrected chi connectivity index (χ4v) is 5.00. The summed E-state index contributed by atoms with van der Waals surface area (Å²) in [6.45, 7) is 4.68. The first-order valence-corrected chi connectivity index (χ1v) is 11.3. The predicted octanol–water partition coefficient (Wildman–Crippen LogP) is 3.51. The van der Waals surface area contributed by atoms with Gasteiger partial charge in [0.1, 0.15) is 6.54 Å². The third-order valence-electron chi connectivity index (χ3n) is 6.34. The van der Waals surface area contributed by atoms with Gasteiger partial charge < -0.3 is 15.0 Å². The van der Waals surface area contributed by atoms with E-state index in [1.807, 2.05) is 54.1 Å². The number of benzene rings is 2. The molecule has 6 heteroatoms. The van der Waals surface area contributed by atoms with Crippen LogP contribution in [0.25, 0.3) is 10.9 Å². The van der Waals surface area contributed by atoms with Crippen LogP contribution in [0.3, 0.4) is 0 Å². The average molecular weight is 434 g/mol. The monoisotopic (exact) mass is 433 g/mol. The maximum Gasteiger partial charge on any atom is 0.313 e. The van der Waals surface area contributed by atoms with Gasteiger partial charge in [0, 0.05) is 30.2 Å². The Kier molecular flexibility index (Phi) is 6.61. The third-order valence-corrected chi connectivity index (χ3v) is 6.34. The minimum absolute atomic E-state index is 0.107. The number of carbonyl (C=O) groups is 2. The van der Waals surface area contributed by atoms with Gasteiger partial charge in [0.05, 0.1) is 12.0 Å². The largest absolute Gasteiger partial charge is 0.466 e. The number of esters is 1. The summed E-state index contributed by atoms with van der Waals surface area (Å²) in [7, 11) is 0. The van der Waals surface area contributed by atoms with Crippen LogP contribution in [0.2, 0.25) is 0 Å². The van der Waals surface area contributed by atoms with Crippen molar-refractivity contribution >= 4 is 22.8 Å². The molecule has 0 bridgehead atoms. The Morgan fingerprint density at radius 2 is 1.84 bits per heavy atom. The van der Waals surface area contributed by atoms with Crippen LogP contribution in [0.5, 0.6) is 0 Å². The van der Waals surface area contributed by atoms with E-state index >= 15 is 0 Å². The molecule has 1 fully saturated rings. The first kappa shape index (κ1) is 22.1. The molecule has 6 nitrogen and oxygen atoms in total. The molecule has 2 aromatic carbocycles. The summed E-state index contributed by atoms with van der Waals surface area (Å²) in [4.78, 5) is 27.0. The molecule has 2 N–H and O–H groups in total.